The van der Waals surface area contributed by atoms with Crippen molar-refractivity contribution in [1.82, 2.24) is 0 Å². The van der Waals surface area contributed by atoms with E-state index in [4.69, 9.17) is 4.74 Å². The van der Waals surface area contributed by atoms with Crippen molar-refractivity contribution in [2.24, 2.45) is 5.92 Å². The molecule has 88 valence electrons. The van der Waals surface area contributed by atoms with E-state index in [1.807, 2.05) is 6.07 Å². The van der Waals surface area contributed by atoms with Crippen molar-refractivity contribution >= 4 is 5.69 Å². The van der Waals surface area contributed by atoms with Crippen LogP contribution in [0.5, 0.6) is 11.5 Å². The summed E-state index contributed by atoms with van der Waals surface area (Å²) in [4.78, 5) is 0. The van der Waals surface area contributed by atoms with Gasteiger partial charge in [-0.2, -0.15) is 0 Å². The summed E-state index contributed by atoms with van der Waals surface area (Å²) in [5, 5.41) is 13.1. The van der Waals surface area contributed by atoms with E-state index in [0.29, 0.717) is 17.7 Å². The smallest absolute Gasteiger partial charge is 0.160 e. The van der Waals surface area contributed by atoms with E-state index in [2.05, 4.69) is 12.2 Å². The maximum absolute atomic E-state index is 9.67. The average Bonchev–Trinajstić information content (AvgIpc) is 2.65. The van der Waals surface area contributed by atoms with Crippen LogP contribution in [0.25, 0.3) is 0 Å². The molecule has 2 rings (SSSR count). The number of aromatic hydroxyl groups is 1. The molecule has 3 nitrogen and oxygen atoms in total. The summed E-state index contributed by atoms with van der Waals surface area (Å²) in [6, 6.07) is 6.00. The second-order valence-corrected chi connectivity index (χ2v) is 4.55. The van der Waals surface area contributed by atoms with Gasteiger partial charge in [-0.05, 0) is 30.9 Å². The molecule has 0 heterocycles. The summed E-state index contributed by atoms with van der Waals surface area (Å²) in [6.07, 6.45) is 3.80. The van der Waals surface area contributed by atoms with Crippen molar-refractivity contribution in [2.45, 2.75) is 32.2 Å². The maximum Gasteiger partial charge on any atom is 0.160 e. The first kappa shape index (κ1) is 11.1. The zero-order valence-electron chi connectivity index (χ0n) is 9.86. The van der Waals surface area contributed by atoms with E-state index in [0.717, 1.165) is 5.69 Å². The lowest BCUT2D eigenvalue weighted by Gasteiger charge is -2.19. The minimum absolute atomic E-state index is 0.193. The van der Waals surface area contributed by atoms with Gasteiger partial charge in [-0.3, -0.25) is 0 Å². The molecule has 0 amide bonds. The molecule has 3 heteroatoms. The van der Waals surface area contributed by atoms with Crippen LogP contribution in [0.1, 0.15) is 26.2 Å². The van der Waals surface area contributed by atoms with Gasteiger partial charge < -0.3 is 15.2 Å². The lowest BCUT2D eigenvalue weighted by atomic mass is 10.1. The molecule has 0 bridgehead atoms. The standard InChI is InChI=1S/C13H19NO2/c1-9-4-3-5-11(9)14-10-6-7-13(16-2)12(15)8-10/h6-9,11,14-15H,3-5H2,1-2H3. The highest BCUT2D eigenvalue weighted by Gasteiger charge is 2.23. The van der Waals surface area contributed by atoms with E-state index < -0.39 is 0 Å². The minimum Gasteiger partial charge on any atom is -0.504 e. The molecule has 1 aliphatic carbocycles. The summed E-state index contributed by atoms with van der Waals surface area (Å²) in [6.45, 7) is 2.27. The van der Waals surface area contributed by atoms with Crippen LogP contribution in [0.15, 0.2) is 18.2 Å². The largest absolute Gasteiger partial charge is 0.504 e. The van der Waals surface area contributed by atoms with Gasteiger partial charge in [0.15, 0.2) is 11.5 Å². The van der Waals surface area contributed by atoms with Crippen molar-refractivity contribution < 1.29 is 9.84 Å². The van der Waals surface area contributed by atoms with Gasteiger partial charge in [0.2, 0.25) is 0 Å². The number of hydrogen-bond acceptors (Lipinski definition) is 3. The van der Waals surface area contributed by atoms with Crippen LogP contribution in [0.3, 0.4) is 0 Å². The molecule has 1 aliphatic rings. The van der Waals surface area contributed by atoms with E-state index in [9.17, 15) is 5.11 Å². The Labute approximate surface area is 96.4 Å². The number of rotatable bonds is 3. The number of hydrogen-bond donors (Lipinski definition) is 2. The molecule has 16 heavy (non-hydrogen) atoms. The summed E-state index contributed by atoms with van der Waals surface area (Å²) >= 11 is 0. The van der Waals surface area contributed by atoms with Crippen LogP contribution in [0, 0.1) is 5.92 Å². The number of nitrogens with one attached hydrogen (secondary N) is 1. The molecule has 2 atom stereocenters. The molecule has 0 aromatic heterocycles. The second-order valence-electron chi connectivity index (χ2n) is 4.55. The van der Waals surface area contributed by atoms with Gasteiger partial charge in [-0.15, -0.1) is 0 Å². The number of benzene rings is 1. The Kier molecular flexibility index (Phi) is 3.22. The highest BCUT2D eigenvalue weighted by molar-refractivity contribution is 5.54. The second kappa shape index (κ2) is 4.64. The highest BCUT2D eigenvalue weighted by Crippen LogP contribution is 2.32. The fourth-order valence-corrected chi connectivity index (χ4v) is 2.35. The predicted octanol–water partition coefficient (Wildman–Crippen LogP) is 3.00. The molecule has 2 N–H and O–H groups in total. The fraction of sp³-hybridized carbons (Fsp3) is 0.538. The molecule has 1 fully saturated rings. The van der Waals surface area contributed by atoms with E-state index >= 15 is 0 Å². The summed E-state index contributed by atoms with van der Waals surface area (Å²) in [5.41, 5.74) is 0.969. The van der Waals surface area contributed by atoms with Gasteiger partial charge in [0.1, 0.15) is 0 Å². The molecule has 0 spiro atoms. The van der Waals surface area contributed by atoms with Crippen molar-refractivity contribution in [3.63, 3.8) is 0 Å². The fourth-order valence-electron chi connectivity index (χ4n) is 2.35. The first-order valence-corrected chi connectivity index (χ1v) is 5.84. The zero-order valence-corrected chi connectivity index (χ0v) is 9.86. The molecule has 1 aromatic carbocycles. The van der Waals surface area contributed by atoms with Gasteiger partial charge in [0.25, 0.3) is 0 Å². The van der Waals surface area contributed by atoms with Crippen molar-refractivity contribution in [3.8, 4) is 11.5 Å². The van der Waals surface area contributed by atoms with E-state index in [1.165, 1.54) is 19.3 Å². The van der Waals surface area contributed by atoms with Gasteiger partial charge in [-0.1, -0.05) is 13.3 Å². The molecule has 0 radical (unpaired) electrons. The van der Waals surface area contributed by atoms with E-state index in [-0.39, 0.29) is 5.75 Å². The number of phenols is 1. The van der Waals surface area contributed by atoms with Crippen molar-refractivity contribution in [1.29, 1.82) is 0 Å². The van der Waals surface area contributed by atoms with Gasteiger partial charge in [-0.25, -0.2) is 0 Å². The van der Waals surface area contributed by atoms with Crippen LogP contribution in [0.2, 0.25) is 0 Å². The maximum atomic E-state index is 9.67. The van der Waals surface area contributed by atoms with Gasteiger partial charge in [0, 0.05) is 17.8 Å². The third-order valence-corrected chi connectivity index (χ3v) is 3.39. The van der Waals surface area contributed by atoms with Gasteiger partial charge >= 0.3 is 0 Å². The van der Waals surface area contributed by atoms with Crippen molar-refractivity contribution in [3.05, 3.63) is 18.2 Å². The summed E-state index contributed by atoms with van der Waals surface area (Å²) in [5.74, 6) is 1.42. The monoisotopic (exact) mass is 221 g/mol. The Bertz CT molecular complexity index is 365. The Balaban J connectivity index is 2.07. The Morgan fingerprint density at radius 2 is 2.19 bits per heavy atom. The summed E-state index contributed by atoms with van der Waals surface area (Å²) < 4.78 is 5.01. The Morgan fingerprint density at radius 3 is 2.75 bits per heavy atom. The molecule has 2 unspecified atom stereocenters. The lowest BCUT2D eigenvalue weighted by Crippen LogP contribution is -2.21. The Morgan fingerprint density at radius 1 is 1.38 bits per heavy atom. The SMILES string of the molecule is COc1ccc(NC2CCCC2C)cc1O. The molecule has 1 saturated carbocycles. The molecular formula is C13H19NO2. The third kappa shape index (κ3) is 2.23. The number of ether oxygens (including phenoxy) is 1. The quantitative estimate of drug-likeness (QED) is 0.824. The van der Waals surface area contributed by atoms with E-state index in [1.54, 1.807) is 19.2 Å². The number of methoxy groups -OCH3 is 1. The lowest BCUT2D eigenvalue weighted by molar-refractivity contribution is 0.373. The number of phenolic OH excluding ortho intramolecular Hbond substituents is 1. The van der Waals surface area contributed by atoms with Crippen LogP contribution in [0.4, 0.5) is 5.69 Å². The predicted molar refractivity (Wildman–Crippen MR) is 65.1 cm³/mol. The first-order chi connectivity index (χ1) is 7.70. The topological polar surface area (TPSA) is 41.5 Å². The van der Waals surface area contributed by atoms with Crippen LogP contribution >= 0.6 is 0 Å². The zero-order chi connectivity index (χ0) is 11.5. The van der Waals surface area contributed by atoms with Crippen LogP contribution in [-0.4, -0.2) is 18.3 Å². The molecule has 0 saturated heterocycles. The van der Waals surface area contributed by atoms with Gasteiger partial charge in [0.05, 0.1) is 7.11 Å². The average molecular weight is 221 g/mol. The van der Waals surface area contributed by atoms with Crippen LogP contribution in [-0.2, 0) is 0 Å². The Hall–Kier alpha value is -1.38. The minimum atomic E-state index is 0.193. The summed E-state index contributed by atoms with van der Waals surface area (Å²) in [7, 11) is 1.56. The number of anilines is 1. The van der Waals surface area contributed by atoms with Crippen LogP contribution < -0.4 is 10.1 Å². The first-order valence-electron chi connectivity index (χ1n) is 5.84. The molecular weight excluding hydrogens is 202 g/mol. The third-order valence-electron chi connectivity index (χ3n) is 3.39. The molecule has 0 aliphatic heterocycles. The molecule has 1 aromatic rings. The van der Waals surface area contributed by atoms with Crippen molar-refractivity contribution in [2.75, 3.05) is 12.4 Å². The highest BCUT2D eigenvalue weighted by atomic mass is 16.5. The normalized spacial score (nSPS) is 24.4.